The molecule has 13 heavy (non-hydrogen) atoms. The molecule has 78 valence electrons. The van der Waals surface area contributed by atoms with E-state index in [4.69, 9.17) is 24.0 Å². The molecule has 1 saturated heterocycles. The third-order valence-electron chi connectivity index (χ3n) is 1.29. The Morgan fingerprint density at radius 3 is 2.23 bits per heavy atom. The summed E-state index contributed by atoms with van der Waals surface area (Å²) in [4.78, 5) is 32.0. The van der Waals surface area contributed by atoms with Gasteiger partial charge in [-0.3, -0.25) is 4.79 Å². The van der Waals surface area contributed by atoms with Crippen LogP contribution < -0.4 is 0 Å². The number of hydrogen-bond donors (Lipinski definition) is 3. The predicted molar refractivity (Wildman–Crippen MR) is 43.7 cm³/mol. The third-order valence-corrected chi connectivity index (χ3v) is 1.29. The number of cyclic esters (lactones) is 1. The van der Waals surface area contributed by atoms with Gasteiger partial charge in [-0.25, -0.2) is 4.57 Å². The van der Waals surface area contributed by atoms with Crippen molar-refractivity contribution in [1.82, 2.24) is 0 Å². The number of phosphoric acid groups is 1. The van der Waals surface area contributed by atoms with Gasteiger partial charge >= 0.3 is 13.8 Å². The molecule has 0 aromatic carbocycles. The first-order valence-electron chi connectivity index (χ1n) is 3.83. The second-order valence-corrected chi connectivity index (χ2v) is 3.57. The zero-order valence-electron chi connectivity index (χ0n) is 7.05. The number of ether oxygens (including phenoxy) is 1. The molecule has 0 bridgehead atoms. The van der Waals surface area contributed by atoms with Gasteiger partial charge in [-0.05, 0) is 19.3 Å². The lowest BCUT2D eigenvalue weighted by Crippen LogP contribution is -2.00. The molecular weight excluding hydrogens is 199 g/mol. The maximum atomic E-state index is 10.5. The summed E-state index contributed by atoms with van der Waals surface area (Å²) in [7, 11) is -4.64. The minimum atomic E-state index is -4.64. The average Bonchev–Trinajstić information content (AvgIpc) is 2.12. The van der Waals surface area contributed by atoms with Crippen LogP contribution in [0.5, 0.6) is 0 Å². The lowest BCUT2D eigenvalue weighted by molar-refractivity contribution is -0.142. The first-order valence-corrected chi connectivity index (χ1v) is 5.40. The zero-order valence-corrected chi connectivity index (χ0v) is 7.94. The van der Waals surface area contributed by atoms with Crippen LogP contribution in [-0.4, -0.2) is 27.3 Å². The molecule has 0 atom stereocenters. The van der Waals surface area contributed by atoms with E-state index in [1.807, 2.05) is 0 Å². The van der Waals surface area contributed by atoms with Crippen molar-refractivity contribution in [3.63, 3.8) is 0 Å². The van der Waals surface area contributed by atoms with Gasteiger partial charge in [0.05, 0.1) is 6.61 Å². The SMILES string of the molecule is O=C1CCCCCO1.O=P(O)(O)O. The van der Waals surface area contributed by atoms with Crippen LogP contribution in [0, 0.1) is 0 Å². The molecule has 1 rings (SSSR count). The van der Waals surface area contributed by atoms with E-state index in [2.05, 4.69) is 0 Å². The van der Waals surface area contributed by atoms with Gasteiger partial charge in [0, 0.05) is 6.42 Å². The largest absolute Gasteiger partial charge is 0.466 e. The summed E-state index contributed by atoms with van der Waals surface area (Å²) < 4.78 is 13.6. The average molecular weight is 212 g/mol. The van der Waals surface area contributed by atoms with Crippen molar-refractivity contribution < 1.29 is 28.8 Å². The molecule has 1 heterocycles. The highest BCUT2D eigenvalue weighted by atomic mass is 31.2. The molecule has 0 aliphatic carbocycles. The Bertz CT molecular complexity index is 179. The standard InChI is InChI=1S/C6H10O2.H3O4P/c7-6-4-2-1-3-5-8-6;1-5(2,3)4/h1-5H2;(H3,1,2,3,4). The highest BCUT2D eigenvalue weighted by molar-refractivity contribution is 7.45. The summed E-state index contributed by atoms with van der Waals surface area (Å²) in [5, 5.41) is 0. The van der Waals surface area contributed by atoms with Gasteiger partial charge in [-0.2, -0.15) is 0 Å². The Morgan fingerprint density at radius 2 is 1.69 bits per heavy atom. The first-order chi connectivity index (χ1) is 5.89. The highest BCUT2D eigenvalue weighted by Crippen LogP contribution is 2.25. The molecule has 0 saturated carbocycles. The molecule has 0 radical (unpaired) electrons. The maximum absolute atomic E-state index is 10.5. The zero-order chi connectivity index (χ0) is 10.3. The first kappa shape index (κ1) is 12.6. The van der Waals surface area contributed by atoms with Crippen LogP contribution in [0.1, 0.15) is 25.7 Å². The fourth-order valence-electron chi connectivity index (χ4n) is 0.806. The number of carbonyl (C=O) groups excluding carboxylic acids is 1. The molecular formula is C6H13O6P. The topological polar surface area (TPSA) is 104 Å². The molecule has 0 unspecified atom stereocenters. The number of esters is 1. The van der Waals surface area contributed by atoms with E-state index in [1.165, 1.54) is 0 Å². The van der Waals surface area contributed by atoms with Crippen LogP contribution in [0.25, 0.3) is 0 Å². The molecule has 0 spiro atoms. The number of carbonyl (C=O) groups is 1. The summed E-state index contributed by atoms with van der Waals surface area (Å²) in [6.45, 7) is 0.638. The lowest BCUT2D eigenvalue weighted by atomic mass is 10.2. The van der Waals surface area contributed by atoms with Gasteiger partial charge in [-0.15, -0.1) is 0 Å². The van der Waals surface area contributed by atoms with Crippen LogP contribution in [0.2, 0.25) is 0 Å². The lowest BCUT2D eigenvalue weighted by Gasteiger charge is -1.93. The van der Waals surface area contributed by atoms with Gasteiger partial charge in [0.15, 0.2) is 0 Å². The molecule has 7 heteroatoms. The summed E-state index contributed by atoms with van der Waals surface area (Å²) in [5.74, 6) is -0.0255. The van der Waals surface area contributed by atoms with Crippen molar-refractivity contribution in [3.8, 4) is 0 Å². The fourth-order valence-corrected chi connectivity index (χ4v) is 0.806. The Hall–Kier alpha value is -0.420. The minimum absolute atomic E-state index is 0.0255. The summed E-state index contributed by atoms with van der Waals surface area (Å²) in [6.07, 6.45) is 3.83. The number of rotatable bonds is 0. The highest BCUT2D eigenvalue weighted by Gasteiger charge is 2.05. The molecule has 0 amide bonds. The van der Waals surface area contributed by atoms with Gasteiger partial charge in [-0.1, -0.05) is 0 Å². The van der Waals surface area contributed by atoms with Crippen molar-refractivity contribution in [2.45, 2.75) is 25.7 Å². The van der Waals surface area contributed by atoms with Crippen molar-refractivity contribution in [2.75, 3.05) is 6.61 Å². The van der Waals surface area contributed by atoms with Crippen LogP contribution >= 0.6 is 7.82 Å². The van der Waals surface area contributed by atoms with E-state index < -0.39 is 7.82 Å². The van der Waals surface area contributed by atoms with Crippen LogP contribution in [0.3, 0.4) is 0 Å². The molecule has 1 aliphatic rings. The van der Waals surface area contributed by atoms with Gasteiger partial charge in [0.1, 0.15) is 0 Å². The fraction of sp³-hybridized carbons (Fsp3) is 0.833. The molecule has 1 aliphatic heterocycles. The Kier molecular flexibility index (Phi) is 5.90. The van der Waals surface area contributed by atoms with Crippen LogP contribution in [0.4, 0.5) is 0 Å². The summed E-state index contributed by atoms with van der Waals surface area (Å²) in [6, 6.07) is 0. The van der Waals surface area contributed by atoms with E-state index in [0.29, 0.717) is 13.0 Å². The minimum Gasteiger partial charge on any atom is -0.466 e. The third kappa shape index (κ3) is 14.4. The van der Waals surface area contributed by atoms with Gasteiger partial charge in [0.25, 0.3) is 0 Å². The Labute approximate surface area is 75.8 Å². The predicted octanol–water partition coefficient (Wildman–Crippen LogP) is 0.175. The van der Waals surface area contributed by atoms with E-state index >= 15 is 0 Å². The molecule has 3 N–H and O–H groups in total. The quantitative estimate of drug-likeness (QED) is 0.390. The molecule has 6 nitrogen and oxygen atoms in total. The van der Waals surface area contributed by atoms with Crippen molar-refractivity contribution >= 4 is 13.8 Å². The Morgan fingerprint density at radius 1 is 1.15 bits per heavy atom. The van der Waals surface area contributed by atoms with E-state index in [0.717, 1.165) is 19.3 Å². The molecule has 0 aromatic rings. The van der Waals surface area contributed by atoms with Crippen LogP contribution in [0.15, 0.2) is 0 Å². The van der Waals surface area contributed by atoms with Crippen molar-refractivity contribution in [2.24, 2.45) is 0 Å². The smallest absolute Gasteiger partial charge is 0.466 e. The molecule has 0 aromatic heterocycles. The monoisotopic (exact) mass is 212 g/mol. The Balaban J connectivity index is 0.000000252. The molecule has 1 fully saturated rings. The van der Waals surface area contributed by atoms with E-state index in [-0.39, 0.29) is 5.97 Å². The van der Waals surface area contributed by atoms with Gasteiger partial charge < -0.3 is 19.4 Å². The van der Waals surface area contributed by atoms with Crippen LogP contribution in [-0.2, 0) is 14.1 Å². The van der Waals surface area contributed by atoms with Crippen molar-refractivity contribution in [1.29, 1.82) is 0 Å². The normalized spacial score (nSPS) is 17.9. The number of hydrogen-bond acceptors (Lipinski definition) is 3. The van der Waals surface area contributed by atoms with Crippen molar-refractivity contribution in [3.05, 3.63) is 0 Å². The second-order valence-electron chi connectivity index (χ2n) is 2.54. The summed E-state index contributed by atoms with van der Waals surface area (Å²) in [5.41, 5.74) is 0. The second kappa shape index (κ2) is 6.10. The summed E-state index contributed by atoms with van der Waals surface area (Å²) >= 11 is 0. The van der Waals surface area contributed by atoms with Gasteiger partial charge in [0.2, 0.25) is 0 Å². The van der Waals surface area contributed by atoms with E-state index in [9.17, 15) is 4.79 Å². The van der Waals surface area contributed by atoms with E-state index in [1.54, 1.807) is 0 Å². The maximum Gasteiger partial charge on any atom is 0.466 e.